The zero-order valence-electron chi connectivity index (χ0n) is 15.4. The number of hydrogen-bond donors (Lipinski definition) is 3. The van der Waals surface area contributed by atoms with Crippen LogP contribution in [0.5, 0.6) is 0 Å². The van der Waals surface area contributed by atoms with Gasteiger partial charge in [-0.15, -0.1) is 0 Å². The highest BCUT2D eigenvalue weighted by Gasteiger charge is 2.31. The van der Waals surface area contributed by atoms with Crippen LogP contribution in [0, 0.1) is 0 Å². The molecular weight excluding hydrogens is 461 g/mol. The summed E-state index contributed by atoms with van der Waals surface area (Å²) in [5.74, 6) is -0.940. The van der Waals surface area contributed by atoms with Gasteiger partial charge < -0.3 is 14.8 Å². The van der Waals surface area contributed by atoms with Gasteiger partial charge in [-0.3, -0.25) is 4.72 Å². The maximum Gasteiger partial charge on any atom is 0.416 e. The molecule has 0 unspecified atom stereocenters. The second-order valence-electron chi connectivity index (χ2n) is 6.25. The molecule has 3 N–H and O–H groups in total. The van der Waals surface area contributed by atoms with E-state index >= 15 is 0 Å². The molecule has 0 aliphatic rings. The molecule has 0 amide bonds. The molecule has 31 heavy (non-hydrogen) atoms. The van der Waals surface area contributed by atoms with Crippen molar-refractivity contribution in [3.8, 4) is 0 Å². The third kappa shape index (κ3) is 5.30. The van der Waals surface area contributed by atoms with Crippen LogP contribution in [0.25, 0.3) is 0 Å². The molecular formula is C19H14ClF3N2O5S. The lowest BCUT2D eigenvalue weighted by atomic mass is 10.1. The molecule has 7 nitrogen and oxygen atoms in total. The molecule has 1 aromatic heterocycles. The second-order valence-corrected chi connectivity index (χ2v) is 8.31. The standard InChI is InChI=1S/C19H14ClF3N2O5S/c20-15-9-16(24-10-13-5-2-6-30-13)14(18(26)27)8-17(15)31(28,29)25-12-4-1-3-11(7-12)19(21,22)23/h1-9,24-25H,10H2,(H,26,27). The average molecular weight is 475 g/mol. The van der Waals surface area contributed by atoms with E-state index in [1.54, 1.807) is 12.1 Å². The third-order valence-corrected chi connectivity index (χ3v) is 5.91. The summed E-state index contributed by atoms with van der Waals surface area (Å²) in [5, 5.41) is 11.9. The number of aromatic carboxylic acids is 1. The third-order valence-electron chi connectivity index (χ3n) is 4.07. The number of benzene rings is 2. The highest BCUT2D eigenvalue weighted by Crippen LogP contribution is 2.33. The molecule has 0 radical (unpaired) electrons. The first-order chi connectivity index (χ1) is 14.5. The summed E-state index contributed by atoms with van der Waals surface area (Å²) in [6.45, 7) is 0.109. The average Bonchev–Trinajstić information content (AvgIpc) is 3.18. The minimum atomic E-state index is -4.67. The van der Waals surface area contributed by atoms with Gasteiger partial charge in [-0.05, 0) is 42.5 Å². The number of nitrogens with one attached hydrogen (secondary N) is 2. The second kappa shape index (κ2) is 8.52. The molecule has 0 saturated carbocycles. The van der Waals surface area contributed by atoms with Gasteiger partial charge in [-0.25, -0.2) is 13.2 Å². The van der Waals surface area contributed by atoms with Crippen molar-refractivity contribution in [1.82, 2.24) is 0 Å². The highest BCUT2D eigenvalue weighted by molar-refractivity contribution is 7.92. The predicted molar refractivity (Wildman–Crippen MR) is 107 cm³/mol. The number of halogens is 4. The van der Waals surface area contributed by atoms with E-state index in [0.717, 1.165) is 30.3 Å². The molecule has 3 aromatic rings. The predicted octanol–water partition coefficient (Wildman–Crippen LogP) is 5.06. The molecule has 0 fully saturated rings. The fraction of sp³-hybridized carbons (Fsp3) is 0.105. The van der Waals surface area contributed by atoms with Crippen molar-refractivity contribution in [3.63, 3.8) is 0 Å². The van der Waals surface area contributed by atoms with Crippen LogP contribution in [0.2, 0.25) is 5.02 Å². The monoisotopic (exact) mass is 474 g/mol. The van der Waals surface area contributed by atoms with Crippen LogP contribution >= 0.6 is 11.6 Å². The van der Waals surface area contributed by atoms with E-state index in [2.05, 4.69) is 5.32 Å². The number of rotatable bonds is 7. The Bertz CT molecular complexity index is 1210. The number of alkyl halides is 3. The fourth-order valence-corrected chi connectivity index (χ4v) is 4.25. The number of carboxylic acid groups (broad SMARTS) is 1. The molecule has 0 atom stereocenters. The highest BCUT2D eigenvalue weighted by atomic mass is 35.5. The lowest BCUT2D eigenvalue weighted by Gasteiger charge is -2.15. The number of carbonyl (C=O) groups is 1. The van der Waals surface area contributed by atoms with Gasteiger partial charge in [0.1, 0.15) is 10.7 Å². The summed E-state index contributed by atoms with van der Waals surface area (Å²) in [4.78, 5) is 11.0. The van der Waals surface area contributed by atoms with Crippen molar-refractivity contribution in [2.24, 2.45) is 0 Å². The summed E-state index contributed by atoms with van der Waals surface area (Å²) < 4.78 is 71.2. The van der Waals surface area contributed by atoms with Crippen molar-refractivity contribution in [2.45, 2.75) is 17.6 Å². The van der Waals surface area contributed by atoms with Crippen molar-refractivity contribution >= 4 is 39.0 Å². The Labute approximate surface area is 179 Å². The summed E-state index contributed by atoms with van der Waals surface area (Å²) >= 11 is 6.07. The molecule has 12 heteroatoms. The zero-order valence-corrected chi connectivity index (χ0v) is 17.0. The van der Waals surface area contributed by atoms with Crippen LogP contribution < -0.4 is 10.0 Å². The topological polar surface area (TPSA) is 109 Å². The molecule has 164 valence electrons. The van der Waals surface area contributed by atoms with Gasteiger partial charge in [0.15, 0.2) is 0 Å². The number of anilines is 2. The Morgan fingerprint density at radius 1 is 1.13 bits per heavy atom. The number of sulfonamides is 1. The lowest BCUT2D eigenvalue weighted by Crippen LogP contribution is -2.16. The minimum absolute atomic E-state index is 0.0342. The first kappa shape index (κ1) is 22.5. The summed E-state index contributed by atoms with van der Waals surface area (Å²) in [5.41, 5.74) is -1.78. The Kier molecular flexibility index (Phi) is 6.18. The van der Waals surface area contributed by atoms with Crippen LogP contribution in [0.4, 0.5) is 24.5 Å². The SMILES string of the molecule is O=C(O)c1cc(S(=O)(=O)Nc2cccc(C(F)(F)F)c2)c(Cl)cc1NCc1ccco1. The largest absolute Gasteiger partial charge is 0.478 e. The number of hydrogen-bond acceptors (Lipinski definition) is 5. The Balaban J connectivity index is 1.94. The summed E-state index contributed by atoms with van der Waals surface area (Å²) in [6.07, 6.45) is -3.24. The fourth-order valence-electron chi connectivity index (χ4n) is 2.65. The van der Waals surface area contributed by atoms with Gasteiger partial charge in [-0.1, -0.05) is 17.7 Å². The van der Waals surface area contributed by atoms with Crippen LogP contribution in [0.1, 0.15) is 21.7 Å². The Hall–Kier alpha value is -3.18. The van der Waals surface area contributed by atoms with Gasteiger partial charge >= 0.3 is 12.1 Å². The van der Waals surface area contributed by atoms with Gasteiger partial charge in [0.25, 0.3) is 10.0 Å². The lowest BCUT2D eigenvalue weighted by molar-refractivity contribution is -0.137. The number of furan rings is 1. The van der Waals surface area contributed by atoms with E-state index in [0.29, 0.717) is 11.8 Å². The molecule has 0 saturated heterocycles. The van der Waals surface area contributed by atoms with E-state index in [4.69, 9.17) is 16.0 Å². The van der Waals surface area contributed by atoms with Crippen LogP contribution in [0.3, 0.4) is 0 Å². The molecule has 0 spiro atoms. The maximum absolute atomic E-state index is 12.9. The van der Waals surface area contributed by atoms with Crippen LogP contribution in [-0.4, -0.2) is 19.5 Å². The van der Waals surface area contributed by atoms with Crippen molar-refractivity contribution in [3.05, 3.63) is 76.7 Å². The van der Waals surface area contributed by atoms with Crippen LogP contribution in [-0.2, 0) is 22.7 Å². The van der Waals surface area contributed by atoms with Crippen molar-refractivity contribution < 1.29 is 35.9 Å². The minimum Gasteiger partial charge on any atom is -0.478 e. The first-order valence-corrected chi connectivity index (χ1v) is 10.4. The maximum atomic E-state index is 12.9. The van der Waals surface area contributed by atoms with E-state index in [9.17, 15) is 31.5 Å². The van der Waals surface area contributed by atoms with Crippen molar-refractivity contribution in [2.75, 3.05) is 10.0 Å². The van der Waals surface area contributed by atoms with E-state index in [1.165, 1.54) is 6.26 Å². The smallest absolute Gasteiger partial charge is 0.416 e. The van der Waals surface area contributed by atoms with E-state index in [-0.39, 0.29) is 22.9 Å². The molecule has 1 heterocycles. The molecule has 2 aromatic carbocycles. The van der Waals surface area contributed by atoms with E-state index in [1.807, 2.05) is 4.72 Å². The molecule has 0 aliphatic heterocycles. The van der Waals surface area contributed by atoms with Gasteiger partial charge in [0, 0.05) is 5.69 Å². The normalized spacial score (nSPS) is 11.9. The molecule has 3 rings (SSSR count). The summed E-state index contributed by atoms with van der Waals surface area (Å²) in [7, 11) is -4.50. The van der Waals surface area contributed by atoms with Crippen LogP contribution in [0.15, 0.2) is 64.1 Å². The van der Waals surface area contributed by atoms with E-state index < -0.39 is 38.2 Å². The first-order valence-electron chi connectivity index (χ1n) is 8.50. The van der Waals surface area contributed by atoms with Gasteiger partial charge in [0.05, 0.1) is 34.6 Å². The Morgan fingerprint density at radius 2 is 1.87 bits per heavy atom. The quantitative estimate of drug-likeness (QED) is 0.441. The Morgan fingerprint density at radius 3 is 2.48 bits per heavy atom. The number of carboxylic acids is 1. The zero-order chi connectivity index (χ0) is 22.8. The van der Waals surface area contributed by atoms with Crippen molar-refractivity contribution in [1.29, 1.82) is 0 Å². The van der Waals surface area contributed by atoms with Gasteiger partial charge in [-0.2, -0.15) is 13.2 Å². The summed E-state index contributed by atoms with van der Waals surface area (Å²) in [6, 6.07) is 8.77. The van der Waals surface area contributed by atoms with Gasteiger partial charge in [0.2, 0.25) is 0 Å². The molecule has 0 bridgehead atoms. The molecule has 0 aliphatic carbocycles.